The van der Waals surface area contributed by atoms with E-state index in [9.17, 15) is 0 Å². The van der Waals surface area contributed by atoms with Crippen molar-refractivity contribution >= 4 is 0 Å². The van der Waals surface area contributed by atoms with Crippen LogP contribution in [0.1, 0.15) is 71.6 Å². The number of piperidine rings is 2. The molecule has 0 spiro atoms. The molecule has 0 amide bonds. The molecule has 0 aromatic rings. The van der Waals surface area contributed by atoms with E-state index < -0.39 is 0 Å². The van der Waals surface area contributed by atoms with Crippen LogP contribution < -0.4 is 5.32 Å². The third kappa shape index (κ3) is 2.71. The lowest BCUT2D eigenvalue weighted by atomic mass is 9.65. The maximum absolute atomic E-state index is 3.71. The molecule has 2 atom stereocenters. The van der Waals surface area contributed by atoms with Crippen molar-refractivity contribution in [3.63, 3.8) is 0 Å². The highest BCUT2D eigenvalue weighted by Crippen LogP contribution is 2.47. The predicted octanol–water partition coefficient (Wildman–Crippen LogP) is 3.56. The molecule has 0 aromatic heterocycles. The highest BCUT2D eigenvalue weighted by molar-refractivity contribution is 4.99. The summed E-state index contributed by atoms with van der Waals surface area (Å²) in [5, 5.41) is 3.71. The van der Waals surface area contributed by atoms with Gasteiger partial charge in [0.25, 0.3) is 0 Å². The fourth-order valence-corrected chi connectivity index (χ4v) is 4.88. The van der Waals surface area contributed by atoms with Crippen LogP contribution in [-0.4, -0.2) is 36.1 Å². The van der Waals surface area contributed by atoms with Crippen LogP contribution >= 0.6 is 0 Å². The second-order valence-electron chi connectivity index (χ2n) is 7.34. The van der Waals surface area contributed by atoms with Crippen LogP contribution in [0.5, 0.6) is 0 Å². The molecular formula is C17H32N2. The Hall–Kier alpha value is -0.0800. The second-order valence-corrected chi connectivity index (χ2v) is 7.34. The Labute approximate surface area is 119 Å². The number of hydrogen-bond acceptors (Lipinski definition) is 2. The van der Waals surface area contributed by atoms with Gasteiger partial charge in [0.1, 0.15) is 0 Å². The van der Waals surface area contributed by atoms with Gasteiger partial charge in [-0.25, -0.2) is 0 Å². The molecule has 2 unspecified atom stereocenters. The molecule has 1 N–H and O–H groups in total. The molecule has 2 saturated heterocycles. The minimum atomic E-state index is 0.707. The zero-order valence-electron chi connectivity index (χ0n) is 13.0. The summed E-state index contributed by atoms with van der Waals surface area (Å²) in [6, 6.07) is 2.58. The first-order valence-corrected chi connectivity index (χ1v) is 8.75. The van der Waals surface area contributed by atoms with E-state index in [-0.39, 0.29) is 0 Å². The van der Waals surface area contributed by atoms with E-state index in [2.05, 4.69) is 24.1 Å². The SMILES string of the molecule is CCNC1CC2CCCC(C1)N2CC1(CC)CCC1. The van der Waals surface area contributed by atoms with Crippen molar-refractivity contribution in [3.05, 3.63) is 0 Å². The number of nitrogens with one attached hydrogen (secondary N) is 1. The largest absolute Gasteiger partial charge is 0.314 e. The van der Waals surface area contributed by atoms with Crippen molar-refractivity contribution in [2.45, 2.75) is 89.8 Å². The summed E-state index contributed by atoms with van der Waals surface area (Å²) >= 11 is 0. The molecule has 1 saturated carbocycles. The van der Waals surface area contributed by atoms with Gasteiger partial charge in [-0.2, -0.15) is 0 Å². The molecule has 19 heavy (non-hydrogen) atoms. The molecule has 0 radical (unpaired) electrons. The summed E-state index contributed by atoms with van der Waals surface area (Å²) in [6.45, 7) is 7.23. The van der Waals surface area contributed by atoms with Crippen molar-refractivity contribution in [2.24, 2.45) is 5.41 Å². The first-order valence-electron chi connectivity index (χ1n) is 8.75. The number of hydrogen-bond donors (Lipinski definition) is 1. The minimum Gasteiger partial charge on any atom is -0.314 e. The quantitative estimate of drug-likeness (QED) is 0.817. The lowest BCUT2D eigenvalue weighted by molar-refractivity contribution is -0.0351. The first kappa shape index (κ1) is 13.9. The van der Waals surface area contributed by atoms with E-state index in [0.717, 1.165) is 24.7 Å². The van der Waals surface area contributed by atoms with Gasteiger partial charge in [0.15, 0.2) is 0 Å². The number of nitrogens with zero attached hydrogens (tertiary/aromatic N) is 1. The molecule has 3 fully saturated rings. The Morgan fingerprint density at radius 3 is 2.21 bits per heavy atom. The summed E-state index contributed by atoms with van der Waals surface area (Å²) < 4.78 is 0. The highest BCUT2D eigenvalue weighted by Gasteiger charge is 2.44. The molecule has 3 aliphatic rings. The Morgan fingerprint density at radius 2 is 1.74 bits per heavy atom. The van der Waals surface area contributed by atoms with E-state index >= 15 is 0 Å². The second kappa shape index (κ2) is 5.73. The molecule has 3 rings (SSSR count). The van der Waals surface area contributed by atoms with Gasteiger partial charge in [-0.3, -0.25) is 4.90 Å². The normalized spacial score (nSPS) is 37.9. The van der Waals surface area contributed by atoms with Gasteiger partial charge >= 0.3 is 0 Å². The van der Waals surface area contributed by atoms with Crippen LogP contribution in [0.4, 0.5) is 0 Å². The van der Waals surface area contributed by atoms with Crippen molar-refractivity contribution in [3.8, 4) is 0 Å². The van der Waals surface area contributed by atoms with Crippen LogP contribution in [0.3, 0.4) is 0 Å². The third-order valence-corrected chi connectivity index (χ3v) is 6.30. The van der Waals surface area contributed by atoms with Crippen molar-refractivity contribution in [2.75, 3.05) is 13.1 Å². The van der Waals surface area contributed by atoms with E-state index in [0.29, 0.717) is 5.41 Å². The van der Waals surface area contributed by atoms with Crippen LogP contribution in [0, 0.1) is 5.41 Å². The van der Waals surface area contributed by atoms with Gasteiger partial charge in [0.05, 0.1) is 0 Å². The zero-order chi connectivity index (χ0) is 13.3. The summed E-state index contributed by atoms with van der Waals surface area (Å²) in [6.07, 6.45) is 13.1. The number of rotatable bonds is 5. The van der Waals surface area contributed by atoms with E-state index in [1.165, 1.54) is 64.3 Å². The molecule has 2 aliphatic heterocycles. The van der Waals surface area contributed by atoms with Gasteiger partial charge < -0.3 is 5.32 Å². The molecular weight excluding hydrogens is 232 g/mol. The van der Waals surface area contributed by atoms with Crippen molar-refractivity contribution in [1.82, 2.24) is 10.2 Å². The molecule has 2 heteroatoms. The summed E-state index contributed by atoms with van der Waals surface area (Å²) in [7, 11) is 0. The van der Waals surface area contributed by atoms with Gasteiger partial charge in [0.2, 0.25) is 0 Å². The Balaban J connectivity index is 1.65. The van der Waals surface area contributed by atoms with Crippen molar-refractivity contribution < 1.29 is 0 Å². The maximum atomic E-state index is 3.71. The number of fused-ring (bicyclic) bond motifs is 2. The fourth-order valence-electron chi connectivity index (χ4n) is 4.88. The zero-order valence-corrected chi connectivity index (χ0v) is 13.0. The Kier molecular flexibility index (Phi) is 4.19. The smallest absolute Gasteiger partial charge is 0.0113 e. The van der Waals surface area contributed by atoms with Gasteiger partial charge in [-0.05, 0) is 56.9 Å². The van der Waals surface area contributed by atoms with Crippen LogP contribution in [-0.2, 0) is 0 Å². The van der Waals surface area contributed by atoms with Crippen LogP contribution in [0.15, 0.2) is 0 Å². The van der Waals surface area contributed by atoms with E-state index in [4.69, 9.17) is 0 Å². The van der Waals surface area contributed by atoms with Gasteiger partial charge in [0, 0.05) is 24.7 Å². The summed E-state index contributed by atoms with van der Waals surface area (Å²) in [5.41, 5.74) is 0.707. The van der Waals surface area contributed by atoms with Crippen molar-refractivity contribution in [1.29, 1.82) is 0 Å². The molecule has 0 aromatic carbocycles. The fraction of sp³-hybridized carbons (Fsp3) is 1.00. The first-order chi connectivity index (χ1) is 9.26. The van der Waals surface area contributed by atoms with Crippen LogP contribution in [0.2, 0.25) is 0 Å². The van der Waals surface area contributed by atoms with E-state index in [1.54, 1.807) is 0 Å². The summed E-state index contributed by atoms with van der Waals surface area (Å²) in [5.74, 6) is 0. The van der Waals surface area contributed by atoms with Gasteiger partial charge in [-0.1, -0.05) is 26.7 Å². The average Bonchev–Trinajstić information content (AvgIpc) is 2.34. The molecule has 2 heterocycles. The monoisotopic (exact) mass is 264 g/mol. The minimum absolute atomic E-state index is 0.707. The Bertz CT molecular complexity index is 278. The molecule has 2 nitrogen and oxygen atoms in total. The predicted molar refractivity (Wildman–Crippen MR) is 81.4 cm³/mol. The molecule has 2 bridgehead atoms. The lowest BCUT2D eigenvalue weighted by Gasteiger charge is -2.54. The third-order valence-electron chi connectivity index (χ3n) is 6.30. The summed E-state index contributed by atoms with van der Waals surface area (Å²) in [4.78, 5) is 2.94. The van der Waals surface area contributed by atoms with Crippen LogP contribution in [0.25, 0.3) is 0 Å². The maximum Gasteiger partial charge on any atom is 0.0113 e. The van der Waals surface area contributed by atoms with Gasteiger partial charge in [-0.15, -0.1) is 0 Å². The molecule has 110 valence electrons. The topological polar surface area (TPSA) is 15.3 Å². The standard InChI is InChI=1S/C17H32N2/c1-3-17(9-6-10-17)13-19-15-7-5-8-16(19)12-14(11-15)18-4-2/h14-16,18H,3-13H2,1-2H3. The highest BCUT2D eigenvalue weighted by atomic mass is 15.2. The Morgan fingerprint density at radius 1 is 1.05 bits per heavy atom. The lowest BCUT2D eigenvalue weighted by Crippen LogP contribution is -2.59. The molecule has 1 aliphatic carbocycles. The average molecular weight is 264 g/mol. The van der Waals surface area contributed by atoms with E-state index in [1.807, 2.05) is 0 Å².